The third kappa shape index (κ3) is 4.82. The molecule has 4 rings (SSSR count). The predicted molar refractivity (Wildman–Crippen MR) is 123 cm³/mol. The second-order valence-electron chi connectivity index (χ2n) is 8.11. The average Bonchev–Trinajstić information content (AvgIpc) is 2.80. The summed E-state index contributed by atoms with van der Waals surface area (Å²) in [6.45, 7) is 5.74. The number of anilines is 2. The number of pyridine rings is 1. The van der Waals surface area contributed by atoms with Crippen molar-refractivity contribution in [2.45, 2.75) is 38.7 Å². The number of hydrogen-bond donors (Lipinski definition) is 2. The molecule has 2 aromatic heterocycles. The first-order chi connectivity index (χ1) is 15.0. The van der Waals surface area contributed by atoms with Crippen molar-refractivity contribution >= 4 is 17.2 Å². The van der Waals surface area contributed by atoms with Gasteiger partial charge in [0.15, 0.2) is 0 Å². The molecule has 0 saturated carbocycles. The lowest BCUT2D eigenvalue weighted by Gasteiger charge is -2.33. The van der Waals surface area contributed by atoms with E-state index in [2.05, 4.69) is 19.9 Å². The van der Waals surface area contributed by atoms with Crippen LogP contribution in [0.5, 0.6) is 5.75 Å². The minimum atomic E-state index is 0.0557. The van der Waals surface area contributed by atoms with E-state index in [0.717, 1.165) is 43.0 Å². The van der Waals surface area contributed by atoms with E-state index in [4.69, 9.17) is 15.9 Å². The van der Waals surface area contributed by atoms with E-state index in [9.17, 15) is 0 Å². The molecular weight excluding hydrogens is 388 g/mol. The number of piperidine rings is 1. The molecule has 0 bridgehead atoms. The number of nitrogen functional groups attached to an aromatic ring is 1. The van der Waals surface area contributed by atoms with Crippen LogP contribution >= 0.6 is 0 Å². The van der Waals surface area contributed by atoms with Crippen molar-refractivity contribution in [2.75, 3.05) is 23.7 Å². The summed E-state index contributed by atoms with van der Waals surface area (Å²) in [7, 11) is 0. The number of nitrogens with one attached hydrogen (secondary N) is 1. The molecule has 0 amide bonds. The number of nitrogens with zero attached hydrogens (tertiary/aromatic N) is 4. The normalized spacial score (nSPS) is 16.4. The van der Waals surface area contributed by atoms with Gasteiger partial charge in [-0.3, -0.25) is 5.41 Å². The van der Waals surface area contributed by atoms with Crippen LogP contribution in [-0.2, 0) is 0 Å². The molecular formula is C24H28N6O. The second-order valence-corrected chi connectivity index (χ2v) is 8.11. The fourth-order valence-corrected chi connectivity index (χ4v) is 3.97. The van der Waals surface area contributed by atoms with E-state index in [1.54, 1.807) is 24.8 Å². The zero-order valence-corrected chi connectivity index (χ0v) is 18.0. The zero-order valence-electron chi connectivity index (χ0n) is 18.0. The van der Waals surface area contributed by atoms with E-state index in [1.807, 2.05) is 44.2 Å². The maximum atomic E-state index is 8.78. The van der Waals surface area contributed by atoms with Gasteiger partial charge in [0.05, 0.1) is 11.8 Å². The molecule has 0 aliphatic carbocycles. The van der Waals surface area contributed by atoms with Crippen LogP contribution in [0.25, 0.3) is 0 Å². The van der Waals surface area contributed by atoms with E-state index < -0.39 is 0 Å². The van der Waals surface area contributed by atoms with E-state index in [0.29, 0.717) is 28.6 Å². The van der Waals surface area contributed by atoms with Gasteiger partial charge in [0, 0.05) is 53.9 Å². The third-order valence-corrected chi connectivity index (χ3v) is 5.47. The van der Waals surface area contributed by atoms with Crippen LogP contribution < -0.4 is 15.4 Å². The molecule has 1 atom stereocenters. The van der Waals surface area contributed by atoms with Crippen LogP contribution in [0.1, 0.15) is 49.4 Å². The number of aromatic nitrogens is 3. The number of ether oxygens (including phenoxy) is 1. The van der Waals surface area contributed by atoms with Gasteiger partial charge in [0.2, 0.25) is 0 Å². The first-order valence-corrected chi connectivity index (χ1v) is 10.6. The lowest BCUT2D eigenvalue weighted by atomic mass is 9.94. The summed E-state index contributed by atoms with van der Waals surface area (Å²) in [4.78, 5) is 15.3. The molecule has 3 N–H and O–H groups in total. The van der Waals surface area contributed by atoms with Gasteiger partial charge in [-0.15, -0.1) is 0 Å². The van der Waals surface area contributed by atoms with Crippen molar-refractivity contribution < 1.29 is 4.74 Å². The summed E-state index contributed by atoms with van der Waals surface area (Å²) < 4.78 is 5.79. The Bertz CT molecular complexity index is 1050. The number of nitrogens with two attached hydrogens (primary N) is 1. The summed E-state index contributed by atoms with van der Waals surface area (Å²) >= 11 is 0. The lowest BCUT2D eigenvalue weighted by molar-refractivity contribution is 0.242. The fraction of sp³-hybridized carbons (Fsp3) is 0.333. The average molecular weight is 417 g/mol. The molecule has 1 unspecified atom stereocenters. The molecule has 7 nitrogen and oxygen atoms in total. The molecule has 1 aliphatic heterocycles. The van der Waals surface area contributed by atoms with Crippen LogP contribution in [0, 0.1) is 5.41 Å². The monoisotopic (exact) mass is 416 g/mol. The van der Waals surface area contributed by atoms with Gasteiger partial charge in [-0.05, 0) is 63.1 Å². The first kappa shape index (κ1) is 20.8. The summed E-state index contributed by atoms with van der Waals surface area (Å²) in [5, 5.41) is 8.78. The van der Waals surface area contributed by atoms with Gasteiger partial charge in [-0.1, -0.05) is 0 Å². The minimum absolute atomic E-state index is 0.0557. The van der Waals surface area contributed by atoms with Crippen molar-refractivity contribution in [2.24, 2.45) is 0 Å². The van der Waals surface area contributed by atoms with Gasteiger partial charge < -0.3 is 15.4 Å². The summed E-state index contributed by atoms with van der Waals surface area (Å²) in [6.07, 6.45) is 7.39. The Labute approximate surface area is 182 Å². The van der Waals surface area contributed by atoms with Gasteiger partial charge >= 0.3 is 0 Å². The van der Waals surface area contributed by atoms with Gasteiger partial charge in [-0.25, -0.2) is 15.0 Å². The van der Waals surface area contributed by atoms with Crippen molar-refractivity contribution in [3.8, 4) is 5.75 Å². The Balaban J connectivity index is 1.56. The maximum Gasteiger partial charge on any atom is 0.129 e. The quantitative estimate of drug-likeness (QED) is 0.464. The number of rotatable bonds is 6. The van der Waals surface area contributed by atoms with Gasteiger partial charge in [0.25, 0.3) is 0 Å². The van der Waals surface area contributed by atoms with Crippen molar-refractivity contribution in [3.63, 3.8) is 0 Å². The molecule has 1 aromatic carbocycles. The smallest absolute Gasteiger partial charge is 0.129 e. The Morgan fingerprint density at radius 3 is 2.81 bits per heavy atom. The maximum absolute atomic E-state index is 8.78. The van der Waals surface area contributed by atoms with Crippen molar-refractivity contribution in [1.82, 2.24) is 15.0 Å². The van der Waals surface area contributed by atoms with E-state index in [-0.39, 0.29) is 6.10 Å². The molecule has 7 heteroatoms. The van der Waals surface area contributed by atoms with Crippen molar-refractivity contribution in [3.05, 3.63) is 71.9 Å². The van der Waals surface area contributed by atoms with Crippen LogP contribution in [0.2, 0.25) is 0 Å². The molecule has 3 aromatic rings. The largest absolute Gasteiger partial charge is 0.491 e. The number of hydrogen-bond acceptors (Lipinski definition) is 7. The summed E-state index contributed by atoms with van der Waals surface area (Å²) in [5.41, 5.74) is 9.61. The standard InChI is InChI=1S/C24H28N6O/c1-16(2)31-19-5-6-21(25)20(13-19)24(26)17-7-10-28-23(12-17)30-11-3-4-18(14-30)22-8-9-27-15-29-22/h5-10,12-13,15-16,18,26H,3-4,11,14,25H2,1-2H3. The lowest BCUT2D eigenvalue weighted by Crippen LogP contribution is -2.35. The molecule has 160 valence electrons. The molecule has 31 heavy (non-hydrogen) atoms. The van der Waals surface area contributed by atoms with Crippen LogP contribution in [0.15, 0.2) is 55.1 Å². The van der Waals surface area contributed by atoms with Crippen LogP contribution in [0.4, 0.5) is 11.5 Å². The summed E-state index contributed by atoms with van der Waals surface area (Å²) in [5.74, 6) is 1.93. The predicted octanol–water partition coefficient (Wildman–Crippen LogP) is 4.04. The summed E-state index contributed by atoms with van der Waals surface area (Å²) in [6, 6.07) is 11.3. The molecule has 1 aliphatic rings. The zero-order chi connectivity index (χ0) is 21.8. The Kier molecular flexibility index (Phi) is 6.11. The molecule has 3 heterocycles. The Morgan fingerprint density at radius 1 is 1.16 bits per heavy atom. The SMILES string of the molecule is CC(C)Oc1ccc(N)c(C(=N)c2ccnc(N3CCCC(c4ccncn4)C3)c2)c1. The molecule has 0 radical (unpaired) electrons. The van der Waals surface area contributed by atoms with Crippen LogP contribution in [-0.4, -0.2) is 39.9 Å². The fourth-order valence-electron chi connectivity index (χ4n) is 3.97. The van der Waals surface area contributed by atoms with Gasteiger partial charge in [0.1, 0.15) is 17.9 Å². The van der Waals surface area contributed by atoms with E-state index >= 15 is 0 Å². The topological polar surface area (TPSA) is 101 Å². The highest BCUT2D eigenvalue weighted by molar-refractivity contribution is 6.14. The first-order valence-electron chi connectivity index (χ1n) is 10.6. The Morgan fingerprint density at radius 2 is 2.03 bits per heavy atom. The Hall–Kier alpha value is -3.48. The molecule has 0 spiro atoms. The minimum Gasteiger partial charge on any atom is -0.491 e. The highest BCUT2D eigenvalue weighted by Gasteiger charge is 2.23. The number of benzene rings is 1. The van der Waals surface area contributed by atoms with Gasteiger partial charge in [-0.2, -0.15) is 0 Å². The van der Waals surface area contributed by atoms with Crippen molar-refractivity contribution in [1.29, 1.82) is 5.41 Å². The highest BCUT2D eigenvalue weighted by Crippen LogP contribution is 2.29. The highest BCUT2D eigenvalue weighted by atomic mass is 16.5. The van der Waals surface area contributed by atoms with Crippen LogP contribution in [0.3, 0.4) is 0 Å². The molecule has 1 fully saturated rings. The third-order valence-electron chi connectivity index (χ3n) is 5.47. The second kappa shape index (κ2) is 9.12. The van der Waals surface area contributed by atoms with E-state index in [1.165, 1.54) is 0 Å². The molecule has 1 saturated heterocycles.